The molecule has 0 radical (unpaired) electrons. The van der Waals surface area contributed by atoms with Crippen molar-refractivity contribution in [3.63, 3.8) is 0 Å². The topological polar surface area (TPSA) is 18.5 Å². The van der Waals surface area contributed by atoms with Crippen LogP contribution in [-0.4, -0.2) is 13.5 Å². The molecule has 0 amide bonds. The number of halogens is 7. The van der Waals surface area contributed by atoms with E-state index < -0.39 is 29.6 Å². The van der Waals surface area contributed by atoms with Gasteiger partial charge in [0.05, 0.1) is 6.61 Å². The first-order valence-corrected chi connectivity index (χ1v) is 11.7. The molecule has 0 saturated carbocycles. The predicted octanol–water partition coefficient (Wildman–Crippen LogP) is 8.01. The molecule has 4 aromatic carbocycles. The lowest BCUT2D eigenvalue weighted by Gasteiger charge is -2.12. The van der Waals surface area contributed by atoms with Gasteiger partial charge in [-0.2, -0.15) is 0 Å². The second kappa shape index (κ2) is 11.4. The molecule has 0 saturated heterocycles. The van der Waals surface area contributed by atoms with E-state index in [4.69, 9.17) is 4.74 Å². The molecule has 0 atom stereocenters. The molecule has 4 rings (SSSR count). The molecule has 0 spiro atoms. The van der Waals surface area contributed by atoms with Gasteiger partial charge in [0.15, 0.2) is 11.6 Å². The van der Waals surface area contributed by atoms with Crippen LogP contribution in [0.15, 0.2) is 60.7 Å². The zero-order chi connectivity index (χ0) is 27.4. The Bertz CT molecular complexity index is 1420. The molecule has 38 heavy (non-hydrogen) atoms. The molecular weight excluding hydrogens is 513 g/mol. The summed E-state index contributed by atoms with van der Waals surface area (Å²) in [4.78, 5) is 0. The van der Waals surface area contributed by atoms with Crippen LogP contribution in [0.5, 0.6) is 5.75 Å². The number of benzene rings is 4. The first-order chi connectivity index (χ1) is 18.0. The van der Waals surface area contributed by atoms with Crippen LogP contribution < -0.4 is 4.74 Å². The quantitative estimate of drug-likeness (QED) is 0.202. The maximum Gasteiger partial charge on any atom is 0.573 e. The summed E-state index contributed by atoms with van der Waals surface area (Å²) in [5, 5.41) is 0.998. The van der Waals surface area contributed by atoms with Gasteiger partial charge in [-0.1, -0.05) is 42.5 Å². The molecule has 0 aromatic heterocycles. The minimum atomic E-state index is -5.23. The molecular formula is C29H23F7O2. The number of rotatable bonds is 9. The molecule has 0 heterocycles. The third kappa shape index (κ3) is 6.64. The normalized spacial score (nSPS) is 11.8. The minimum absolute atomic E-state index is 0.00458. The van der Waals surface area contributed by atoms with Gasteiger partial charge >= 0.3 is 6.36 Å². The summed E-state index contributed by atoms with van der Waals surface area (Å²) in [6.45, 7) is 0.326. The number of hydrogen-bond acceptors (Lipinski definition) is 2. The second-order valence-corrected chi connectivity index (χ2v) is 8.89. The molecule has 0 N–H and O–H groups in total. The summed E-state index contributed by atoms with van der Waals surface area (Å²) in [7, 11) is 1.54. The average molecular weight is 536 g/mol. The van der Waals surface area contributed by atoms with E-state index in [0.29, 0.717) is 41.3 Å². The SMILES string of the molecule is COCc1ccc(CCc2ccc3c(F)c(CCc4cc(F)c(OC(F)(F)F)c(F)c4)ccc3c2)c(F)c1. The van der Waals surface area contributed by atoms with Crippen molar-refractivity contribution in [2.24, 2.45) is 0 Å². The number of methoxy groups -OCH3 is 1. The number of fused-ring (bicyclic) bond motifs is 1. The van der Waals surface area contributed by atoms with Crippen LogP contribution in [-0.2, 0) is 37.0 Å². The summed E-state index contributed by atoms with van der Waals surface area (Å²) in [5.74, 6) is -5.31. The van der Waals surface area contributed by atoms with Gasteiger partial charge in [-0.15, -0.1) is 13.2 Å². The fourth-order valence-corrected chi connectivity index (χ4v) is 4.31. The van der Waals surface area contributed by atoms with Crippen LogP contribution in [0, 0.1) is 23.3 Å². The zero-order valence-electron chi connectivity index (χ0n) is 20.3. The van der Waals surface area contributed by atoms with Gasteiger partial charge in [0, 0.05) is 12.5 Å². The number of alkyl halides is 3. The van der Waals surface area contributed by atoms with Gasteiger partial charge < -0.3 is 9.47 Å². The molecule has 2 nitrogen and oxygen atoms in total. The highest BCUT2D eigenvalue weighted by atomic mass is 19.4. The van der Waals surface area contributed by atoms with Gasteiger partial charge in [-0.25, -0.2) is 17.6 Å². The fraction of sp³-hybridized carbons (Fsp3) is 0.241. The van der Waals surface area contributed by atoms with Crippen LogP contribution in [0.3, 0.4) is 0 Å². The summed E-state index contributed by atoms with van der Waals surface area (Å²) >= 11 is 0. The number of aryl methyl sites for hydroxylation is 4. The standard InChI is InChI=1S/C29H23F7O2/c1-37-16-19-4-7-20(24(30)15-19)6-2-17-5-11-23-22(12-17)10-9-21(27(23)33)8-3-18-13-25(31)28(26(32)14-18)38-29(34,35)36/h4-5,7,9-15H,2-3,6,8,16H2,1H3. The Morgan fingerprint density at radius 2 is 1.24 bits per heavy atom. The van der Waals surface area contributed by atoms with Gasteiger partial charge in [-0.3, -0.25) is 0 Å². The lowest BCUT2D eigenvalue weighted by Crippen LogP contribution is -2.19. The Labute approximate surface area is 214 Å². The lowest BCUT2D eigenvalue weighted by atomic mass is 9.97. The van der Waals surface area contributed by atoms with Crippen molar-refractivity contribution >= 4 is 10.8 Å². The predicted molar refractivity (Wildman–Crippen MR) is 129 cm³/mol. The first kappa shape index (κ1) is 27.4. The maximum atomic E-state index is 15.2. The fourth-order valence-electron chi connectivity index (χ4n) is 4.31. The van der Waals surface area contributed by atoms with E-state index in [9.17, 15) is 26.3 Å². The monoisotopic (exact) mass is 536 g/mol. The van der Waals surface area contributed by atoms with Crippen LogP contribution in [0.1, 0.15) is 27.8 Å². The van der Waals surface area contributed by atoms with E-state index in [1.807, 2.05) is 12.1 Å². The van der Waals surface area contributed by atoms with E-state index in [-0.39, 0.29) is 24.2 Å². The van der Waals surface area contributed by atoms with Crippen LogP contribution in [0.2, 0.25) is 0 Å². The Balaban J connectivity index is 1.44. The molecule has 4 aromatic rings. The summed E-state index contributed by atoms with van der Waals surface area (Å²) in [5.41, 5.74) is 2.56. The van der Waals surface area contributed by atoms with Crippen molar-refractivity contribution in [1.29, 1.82) is 0 Å². The largest absolute Gasteiger partial charge is 0.573 e. The van der Waals surface area contributed by atoms with E-state index in [0.717, 1.165) is 23.3 Å². The van der Waals surface area contributed by atoms with Crippen molar-refractivity contribution in [3.8, 4) is 5.75 Å². The van der Waals surface area contributed by atoms with Gasteiger partial charge in [0.25, 0.3) is 0 Å². The van der Waals surface area contributed by atoms with Gasteiger partial charge in [0.2, 0.25) is 5.75 Å². The van der Waals surface area contributed by atoms with E-state index in [2.05, 4.69) is 4.74 Å². The zero-order valence-corrected chi connectivity index (χ0v) is 20.3. The van der Waals surface area contributed by atoms with Crippen LogP contribution >= 0.6 is 0 Å². The highest BCUT2D eigenvalue weighted by Gasteiger charge is 2.34. The highest BCUT2D eigenvalue weighted by Crippen LogP contribution is 2.30. The molecule has 200 valence electrons. The molecule has 0 unspecified atom stereocenters. The first-order valence-electron chi connectivity index (χ1n) is 11.7. The smallest absolute Gasteiger partial charge is 0.399 e. The summed E-state index contributed by atoms with van der Waals surface area (Å²) in [6.07, 6.45) is -4.16. The van der Waals surface area contributed by atoms with Crippen molar-refractivity contribution in [1.82, 2.24) is 0 Å². The second-order valence-electron chi connectivity index (χ2n) is 8.89. The van der Waals surface area contributed by atoms with Crippen molar-refractivity contribution in [2.75, 3.05) is 7.11 Å². The summed E-state index contributed by atoms with van der Waals surface area (Å²) < 4.78 is 103. The van der Waals surface area contributed by atoms with Gasteiger partial charge in [0.1, 0.15) is 11.6 Å². The number of hydrogen-bond donors (Lipinski definition) is 0. The van der Waals surface area contributed by atoms with Crippen LogP contribution in [0.25, 0.3) is 10.8 Å². The van der Waals surface area contributed by atoms with Crippen LogP contribution in [0.4, 0.5) is 30.7 Å². The van der Waals surface area contributed by atoms with E-state index >= 15 is 4.39 Å². The third-order valence-corrected chi connectivity index (χ3v) is 6.17. The maximum absolute atomic E-state index is 15.2. The number of ether oxygens (including phenoxy) is 2. The highest BCUT2D eigenvalue weighted by molar-refractivity contribution is 5.84. The molecule has 0 aliphatic heterocycles. The molecule has 9 heteroatoms. The molecule has 0 bridgehead atoms. The van der Waals surface area contributed by atoms with E-state index in [1.165, 1.54) is 6.07 Å². The van der Waals surface area contributed by atoms with Crippen molar-refractivity contribution in [3.05, 3.63) is 112 Å². The molecule has 0 fully saturated rings. The van der Waals surface area contributed by atoms with Crippen molar-refractivity contribution < 1.29 is 40.2 Å². The summed E-state index contributed by atoms with van der Waals surface area (Å²) in [6, 6.07) is 15.0. The molecule has 0 aliphatic rings. The van der Waals surface area contributed by atoms with Crippen molar-refractivity contribution in [2.45, 2.75) is 38.7 Å². The third-order valence-electron chi connectivity index (χ3n) is 6.17. The van der Waals surface area contributed by atoms with E-state index in [1.54, 1.807) is 37.4 Å². The average Bonchev–Trinajstić information content (AvgIpc) is 2.85. The van der Waals surface area contributed by atoms with Gasteiger partial charge in [-0.05, 0) is 77.1 Å². The molecule has 0 aliphatic carbocycles. The Hall–Kier alpha value is -3.59. The Morgan fingerprint density at radius 3 is 1.89 bits per heavy atom. The Morgan fingerprint density at radius 1 is 0.632 bits per heavy atom. The minimum Gasteiger partial charge on any atom is -0.399 e. The Kier molecular flexibility index (Phi) is 8.26. The lowest BCUT2D eigenvalue weighted by molar-refractivity contribution is -0.276.